The van der Waals surface area contributed by atoms with Crippen LogP contribution >= 0.6 is 15.9 Å². The fourth-order valence-electron chi connectivity index (χ4n) is 2.21. The van der Waals surface area contributed by atoms with Gasteiger partial charge in [-0.05, 0) is 55.3 Å². The van der Waals surface area contributed by atoms with Gasteiger partial charge in [0, 0.05) is 10.2 Å². The molecule has 2 N–H and O–H groups in total. The molecule has 0 spiro atoms. The second-order valence-electron chi connectivity index (χ2n) is 4.93. The van der Waals surface area contributed by atoms with Crippen LogP contribution in [0.25, 0.3) is 10.9 Å². The maximum Gasteiger partial charge on any atom is 0.230 e. The molecule has 0 bridgehead atoms. The van der Waals surface area contributed by atoms with E-state index in [2.05, 4.69) is 25.9 Å². The predicted molar refractivity (Wildman–Crippen MR) is 87.6 cm³/mol. The Balaban J connectivity index is 2.06. The van der Waals surface area contributed by atoms with E-state index in [0.717, 1.165) is 32.3 Å². The number of aromatic nitrogens is 2. The topological polar surface area (TPSA) is 61.0 Å². The molecule has 5 heteroatoms. The Morgan fingerprint density at radius 2 is 1.76 bits per heavy atom. The van der Waals surface area contributed by atoms with Crippen LogP contribution in [0.5, 0.6) is 11.6 Å². The smallest absolute Gasteiger partial charge is 0.230 e. The summed E-state index contributed by atoms with van der Waals surface area (Å²) in [6.45, 7) is 4.06. The van der Waals surface area contributed by atoms with Crippen molar-refractivity contribution >= 4 is 32.5 Å². The molecular weight excluding hydrogens is 330 g/mol. The van der Waals surface area contributed by atoms with E-state index in [1.807, 2.05) is 44.2 Å². The molecule has 21 heavy (non-hydrogen) atoms. The highest BCUT2D eigenvalue weighted by Crippen LogP contribution is 2.31. The molecule has 0 aliphatic rings. The number of nitrogens with two attached hydrogens (primary N) is 1. The van der Waals surface area contributed by atoms with Gasteiger partial charge in [-0.3, -0.25) is 0 Å². The standard InChI is InChI=1S/C16H14BrN3O/c1-9-5-12(6-10(2)15(9)17)21-16-13-4-3-11(18)7-14(13)19-8-20-16/h3-8H,18H2,1-2H3. The van der Waals surface area contributed by atoms with Crippen LogP contribution in [0, 0.1) is 13.8 Å². The van der Waals surface area contributed by atoms with Gasteiger partial charge in [-0.15, -0.1) is 0 Å². The molecule has 1 aromatic heterocycles. The van der Waals surface area contributed by atoms with Crippen molar-refractivity contribution in [3.8, 4) is 11.6 Å². The molecule has 0 radical (unpaired) electrons. The van der Waals surface area contributed by atoms with Gasteiger partial charge < -0.3 is 10.5 Å². The van der Waals surface area contributed by atoms with Crippen molar-refractivity contribution in [3.63, 3.8) is 0 Å². The summed E-state index contributed by atoms with van der Waals surface area (Å²) in [6, 6.07) is 9.45. The van der Waals surface area contributed by atoms with E-state index >= 15 is 0 Å². The van der Waals surface area contributed by atoms with Gasteiger partial charge in [0.2, 0.25) is 5.88 Å². The maximum absolute atomic E-state index is 5.94. The monoisotopic (exact) mass is 343 g/mol. The minimum atomic E-state index is 0.529. The Bertz CT molecular complexity index is 810. The molecule has 4 nitrogen and oxygen atoms in total. The highest BCUT2D eigenvalue weighted by atomic mass is 79.9. The van der Waals surface area contributed by atoms with Crippen LogP contribution in [-0.4, -0.2) is 9.97 Å². The van der Waals surface area contributed by atoms with Gasteiger partial charge in [0.25, 0.3) is 0 Å². The average Bonchev–Trinajstić information content (AvgIpc) is 2.44. The van der Waals surface area contributed by atoms with Gasteiger partial charge in [0.15, 0.2) is 0 Å². The van der Waals surface area contributed by atoms with Gasteiger partial charge >= 0.3 is 0 Å². The first-order valence-corrected chi connectivity index (χ1v) is 7.29. The van der Waals surface area contributed by atoms with E-state index in [4.69, 9.17) is 10.5 Å². The molecule has 0 aliphatic heterocycles. The minimum Gasteiger partial charge on any atom is -0.438 e. The molecule has 0 saturated carbocycles. The molecule has 3 rings (SSSR count). The summed E-state index contributed by atoms with van der Waals surface area (Å²) < 4.78 is 7.03. The third kappa shape index (κ3) is 2.69. The maximum atomic E-state index is 5.94. The zero-order valence-electron chi connectivity index (χ0n) is 11.7. The first kappa shape index (κ1) is 13.8. The molecule has 0 unspecified atom stereocenters. The van der Waals surface area contributed by atoms with Crippen molar-refractivity contribution in [1.29, 1.82) is 0 Å². The number of halogens is 1. The van der Waals surface area contributed by atoms with Gasteiger partial charge in [0.05, 0.1) is 10.9 Å². The number of nitrogens with zero attached hydrogens (tertiary/aromatic N) is 2. The van der Waals surface area contributed by atoms with Crippen LogP contribution in [0.3, 0.4) is 0 Å². The van der Waals surface area contributed by atoms with Gasteiger partial charge in [-0.25, -0.2) is 9.97 Å². The Labute approximate surface area is 131 Å². The number of rotatable bonds is 2. The van der Waals surface area contributed by atoms with E-state index in [0.29, 0.717) is 11.6 Å². The van der Waals surface area contributed by atoms with Gasteiger partial charge in [-0.1, -0.05) is 15.9 Å². The van der Waals surface area contributed by atoms with Crippen LogP contribution in [0.15, 0.2) is 41.1 Å². The van der Waals surface area contributed by atoms with E-state index in [9.17, 15) is 0 Å². The number of hydrogen-bond donors (Lipinski definition) is 1. The van der Waals surface area contributed by atoms with E-state index in [1.54, 1.807) is 0 Å². The SMILES string of the molecule is Cc1cc(Oc2ncnc3cc(N)ccc23)cc(C)c1Br. The summed E-state index contributed by atoms with van der Waals surface area (Å²) in [5, 5.41) is 0.838. The molecule has 1 heterocycles. The zero-order chi connectivity index (χ0) is 15.0. The number of fused-ring (bicyclic) bond motifs is 1. The average molecular weight is 344 g/mol. The lowest BCUT2D eigenvalue weighted by Crippen LogP contribution is -1.94. The van der Waals surface area contributed by atoms with Crippen molar-refractivity contribution in [2.75, 3.05) is 5.73 Å². The summed E-state index contributed by atoms with van der Waals surface area (Å²) >= 11 is 3.55. The van der Waals surface area contributed by atoms with Crippen molar-refractivity contribution in [2.45, 2.75) is 13.8 Å². The molecule has 0 amide bonds. The first-order valence-electron chi connectivity index (χ1n) is 6.49. The Kier molecular flexibility index (Phi) is 3.51. The second kappa shape index (κ2) is 5.33. The van der Waals surface area contributed by atoms with E-state index in [1.165, 1.54) is 6.33 Å². The number of aryl methyl sites for hydroxylation is 2. The molecule has 0 aliphatic carbocycles. The van der Waals surface area contributed by atoms with Crippen LogP contribution < -0.4 is 10.5 Å². The van der Waals surface area contributed by atoms with E-state index in [-0.39, 0.29) is 0 Å². The summed E-state index contributed by atoms with van der Waals surface area (Å²) in [7, 11) is 0. The lowest BCUT2D eigenvalue weighted by atomic mass is 10.1. The quantitative estimate of drug-likeness (QED) is 0.701. The van der Waals surface area contributed by atoms with Crippen molar-refractivity contribution < 1.29 is 4.74 Å². The van der Waals surface area contributed by atoms with Crippen molar-refractivity contribution in [3.05, 3.63) is 52.3 Å². The molecule has 0 saturated heterocycles. The summed E-state index contributed by atoms with van der Waals surface area (Å²) in [4.78, 5) is 8.44. The molecule has 3 aromatic rings. The Hall–Kier alpha value is -2.14. The van der Waals surface area contributed by atoms with Crippen LogP contribution in [0.2, 0.25) is 0 Å². The first-order chi connectivity index (χ1) is 10.0. The fraction of sp³-hybridized carbons (Fsp3) is 0.125. The lowest BCUT2D eigenvalue weighted by molar-refractivity contribution is 0.467. The second-order valence-corrected chi connectivity index (χ2v) is 5.72. The summed E-state index contributed by atoms with van der Waals surface area (Å²) in [5.41, 5.74) is 9.45. The van der Waals surface area contributed by atoms with Crippen molar-refractivity contribution in [1.82, 2.24) is 9.97 Å². The molecular formula is C16H14BrN3O. The van der Waals surface area contributed by atoms with Crippen LogP contribution in [0.1, 0.15) is 11.1 Å². The number of hydrogen-bond acceptors (Lipinski definition) is 4. The normalized spacial score (nSPS) is 10.8. The van der Waals surface area contributed by atoms with Crippen molar-refractivity contribution in [2.24, 2.45) is 0 Å². The number of anilines is 1. The molecule has 2 aromatic carbocycles. The summed E-state index contributed by atoms with van der Waals surface area (Å²) in [5.74, 6) is 1.28. The number of ether oxygens (including phenoxy) is 1. The van der Waals surface area contributed by atoms with Gasteiger partial charge in [-0.2, -0.15) is 0 Å². The van der Waals surface area contributed by atoms with Gasteiger partial charge in [0.1, 0.15) is 12.1 Å². The minimum absolute atomic E-state index is 0.529. The Morgan fingerprint density at radius 1 is 1.05 bits per heavy atom. The molecule has 106 valence electrons. The third-order valence-corrected chi connectivity index (χ3v) is 4.50. The fourth-order valence-corrected chi connectivity index (χ4v) is 2.44. The third-order valence-electron chi connectivity index (χ3n) is 3.25. The molecule has 0 fully saturated rings. The zero-order valence-corrected chi connectivity index (χ0v) is 13.3. The largest absolute Gasteiger partial charge is 0.438 e. The number of benzene rings is 2. The van der Waals surface area contributed by atoms with Crippen LogP contribution in [-0.2, 0) is 0 Å². The number of nitrogen functional groups attached to an aromatic ring is 1. The Morgan fingerprint density at radius 3 is 2.48 bits per heavy atom. The van der Waals surface area contributed by atoms with E-state index < -0.39 is 0 Å². The lowest BCUT2D eigenvalue weighted by Gasteiger charge is -2.10. The molecule has 0 atom stereocenters. The highest BCUT2D eigenvalue weighted by Gasteiger charge is 2.09. The van der Waals surface area contributed by atoms with Crippen LogP contribution in [0.4, 0.5) is 5.69 Å². The highest BCUT2D eigenvalue weighted by molar-refractivity contribution is 9.10. The predicted octanol–water partition coefficient (Wildman–Crippen LogP) is 4.38. The summed E-state index contributed by atoms with van der Waals surface area (Å²) in [6.07, 6.45) is 1.48.